The number of nitrogens with one attached hydrogen (secondary N) is 1. The highest BCUT2D eigenvalue weighted by molar-refractivity contribution is 7.80. The molecule has 39 heavy (non-hydrogen) atoms. The van der Waals surface area contributed by atoms with Crippen LogP contribution in [0.1, 0.15) is 121 Å². The van der Waals surface area contributed by atoms with Gasteiger partial charge in [0, 0.05) is 12.8 Å². The molecule has 0 aromatic carbocycles. The van der Waals surface area contributed by atoms with E-state index in [4.69, 9.17) is 17.0 Å². The van der Waals surface area contributed by atoms with Crippen molar-refractivity contribution in [1.29, 1.82) is 0 Å². The van der Waals surface area contributed by atoms with Crippen LogP contribution in [0.15, 0.2) is 0 Å². The predicted octanol–water partition coefficient (Wildman–Crippen LogP) is 4.74. The largest absolute Gasteiger partial charge is 0.392 e. The Morgan fingerprint density at radius 2 is 1.38 bits per heavy atom. The highest BCUT2D eigenvalue weighted by Gasteiger charge is 2.38. The van der Waals surface area contributed by atoms with Crippen LogP contribution in [0.25, 0.3) is 0 Å². The first-order chi connectivity index (χ1) is 17.5. The first-order valence-corrected chi connectivity index (χ1v) is 15.3. The van der Waals surface area contributed by atoms with Crippen molar-refractivity contribution in [3.05, 3.63) is 0 Å². The molecule has 1 fully saturated rings. The molecule has 0 saturated heterocycles. The first-order valence-electron chi connectivity index (χ1n) is 14.8. The van der Waals surface area contributed by atoms with Crippen LogP contribution in [0.5, 0.6) is 0 Å². The maximum Gasteiger partial charge on any atom is 0.108 e. The van der Waals surface area contributed by atoms with Crippen LogP contribution in [-0.4, -0.2) is 79.8 Å². The van der Waals surface area contributed by atoms with Gasteiger partial charge in [-0.3, -0.25) is 0 Å². The minimum Gasteiger partial charge on any atom is -0.392 e. The Labute approximate surface area is 244 Å². The number of aliphatic hydroxyl groups excluding tert-OH is 5. The van der Waals surface area contributed by atoms with Gasteiger partial charge in [0.15, 0.2) is 0 Å². The Kier molecular flexibility index (Phi) is 13.8. The molecule has 0 spiro atoms. The lowest BCUT2D eigenvalue weighted by atomic mass is 9.71. The zero-order valence-corrected chi connectivity index (χ0v) is 27.3. The SMILES string of the molecule is CC(C)(C)CC(C)(C)CC(=S)NC(COC1CCCCC(O)C(O)C1O)C(O)CC(O)C(C)(C)CC(C)(C)C. The summed E-state index contributed by atoms with van der Waals surface area (Å²) >= 11 is 5.75. The van der Waals surface area contributed by atoms with Crippen molar-refractivity contribution in [3.8, 4) is 0 Å². The van der Waals surface area contributed by atoms with Gasteiger partial charge in [-0.15, -0.1) is 0 Å². The van der Waals surface area contributed by atoms with Crippen molar-refractivity contribution < 1.29 is 30.3 Å². The van der Waals surface area contributed by atoms with Crippen LogP contribution in [-0.2, 0) is 4.74 Å². The van der Waals surface area contributed by atoms with Gasteiger partial charge in [0.2, 0.25) is 0 Å². The quantitative estimate of drug-likeness (QED) is 0.185. The summed E-state index contributed by atoms with van der Waals surface area (Å²) in [6, 6.07) is -0.609. The Morgan fingerprint density at radius 3 is 1.92 bits per heavy atom. The molecule has 0 amide bonds. The second kappa shape index (κ2) is 14.7. The Morgan fingerprint density at radius 1 is 0.846 bits per heavy atom. The van der Waals surface area contributed by atoms with E-state index in [-0.39, 0.29) is 29.3 Å². The third-order valence-electron chi connectivity index (χ3n) is 7.67. The predicted molar refractivity (Wildman–Crippen MR) is 163 cm³/mol. The fourth-order valence-electron chi connectivity index (χ4n) is 6.53. The van der Waals surface area contributed by atoms with Crippen molar-refractivity contribution in [1.82, 2.24) is 5.32 Å². The molecule has 1 saturated carbocycles. The molecule has 6 N–H and O–H groups in total. The number of thiocarbonyl (C=S) groups is 1. The molecule has 1 aliphatic rings. The molecule has 1 aliphatic carbocycles. The van der Waals surface area contributed by atoms with Gasteiger partial charge in [-0.2, -0.15) is 0 Å². The molecule has 8 heteroatoms. The monoisotopic (exact) mass is 575 g/mol. The van der Waals surface area contributed by atoms with Crippen molar-refractivity contribution >= 4 is 17.2 Å². The molecule has 0 aromatic rings. The molecular weight excluding hydrogens is 514 g/mol. The van der Waals surface area contributed by atoms with Crippen molar-refractivity contribution in [2.75, 3.05) is 6.61 Å². The lowest BCUT2D eigenvalue weighted by Crippen LogP contribution is -2.52. The van der Waals surface area contributed by atoms with Crippen LogP contribution < -0.4 is 5.32 Å². The van der Waals surface area contributed by atoms with Crippen LogP contribution in [0, 0.1) is 21.7 Å². The van der Waals surface area contributed by atoms with Gasteiger partial charge >= 0.3 is 0 Å². The minimum absolute atomic E-state index is 0.0240. The molecule has 0 aromatic heterocycles. The molecule has 7 atom stereocenters. The molecule has 7 nitrogen and oxygen atoms in total. The van der Waals surface area contributed by atoms with E-state index in [0.717, 1.165) is 25.7 Å². The summed E-state index contributed by atoms with van der Waals surface area (Å²) in [4.78, 5) is 0.619. The average molecular weight is 576 g/mol. The number of hydrogen-bond acceptors (Lipinski definition) is 7. The highest BCUT2D eigenvalue weighted by atomic mass is 32.1. The number of ether oxygens (including phenoxy) is 1. The Bertz CT molecular complexity index is 744. The van der Waals surface area contributed by atoms with Gasteiger partial charge in [-0.1, -0.05) is 94.3 Å². The second-order valence-electron chi connectivity index (χ2n) is 16.0. The summed E-state index contributed by atoms with van der Waals surface area (Å²) in [5.74, 6) is 0. The summed E-state index contributed by atoms with van der Waals surface area (Å²) in [6.45, 7) is 21.5. The third-order valence-corrected chi connectivity index (χ3v) is 7.93. The normalized spacial score (nSPS) is 26.3. The van der Waals surface area contributed by atoms with E-state index in [9.17, 15) is 25.5 Å². The second-order valence-corrected chi connectivity index (χ2v) is 16.5. The summed E-state index contributed by atoms with van der Waals surface area (Å²) in [5, 5.41) is 57.0. The van der Waals surface area contributed by atoms with Gasteiger partial charge < -0.3 is 35.6 Å². The molecule has 0 bridgehead atoms. The topological polar surface area (TPSA) is 122 Å². The van der Waals surface area contributed by atoms with E-state index in [1.54, 1.807) is 0 Å². The summed E-state index contributed by atoms with van der Waals surface area (Å²) in [6.07, 6.45) is -0.883. The smallest absolute Gasteiger partial charge is 0.108 e. The number of rotatable bonds is 12. The van der Waals surface area contributed by atoms with Crippen molar-refractivity contribution in [2.45, 2.75) is 163 Å². The standard InChI is InChI=1S/C31H61NO6S/c1-28(2,3)18-30(7,8)16-25(39)32-20(22(34)15-24(35)31(9,10)19-29(4,5)6)17-38-23-14-12-11-13-21(33)26(36)27(23)37/h20-24,26-27,33-37H,11-19H2,1-10H3,(H,32,39). The van der Waals surface area contributed by atoms with Gasteiger partial charge in [-0.25, -0.2) is 0 Å². The van der Waals surface area contributed by atoms with E-state index in [2.05, 4.69) is 60.7 Å². The first kappa shape index (κ1) is 36.7. The maximum atomic E-state index is 11.4. The number of aliphatic hydroxyl groups is 5. The minimum atomic E-state index is -1.29. The van der Waals surface area contributed by atoms with E-state index in [1.807, 2.05) is 13.8 Å². The Balaban J connectivity index is 3.05. The van der Waals surface area contributed by atoms with Gasteiger partial charge in [-0.05, 0) is 47.3 Å². The number of hydrogen-bond donors (Lipinski definition) is 6. The molecule has 0 aliphatic heterocycles. The summed E-state index contributed by atoms with van der Waals surface area (Å²) in [5.41, 5.74) is -0.293. The van der Waals surface area contributed by atoms with E-state index in [1.165, 1.54) is 0 Å². The van der Waals surface area contributed by atoms with E-state index in [0.29, 0.717) is 24.3 Å². The molecule has 232 valence electrons. The summed E-state index contributed by atoms with van der Waals surface area (Å²) < 4.78 is 6.11. The van der Waals surface area contributed by atoms with Crippen molar-refractivity contribution in [2.24, 2.45) is 21.7 Å². The van der Waals surface area contributed by atoms with Gasteiger partial charge in [0.05, 0.1) is 42.1 Å². The molecular formula is C31H61NO6S. The maximum absolute atomic E-state index is 11.4. The van der Waals surface area contributed by atoms with Crippen LogP contribution in [0.3, 0.4) is 0 Å². The molecule has 1 rings (SSSR count). The zero-order chi connectivity index (χ0) is 30.4. The average Bonchev–Trinajstić information content (AvgIpc) is 2.71. The Hall–Kier alpha value is -0.350. The van der Waals surface area contributed by atoms with Crippen molar-refractivity contribution in [3.63, 3.8) is 0 Å². The fraction of sp³-hybridized carbons (Fsp3) is 0.968. The van der Waals surface area contributed by atoms with Crippen LogP contribution in [0.2, 0.25) is 0 Å². The molecule has 0 heterocycles. The van der Waals surface area contributed by atoms with Crippen LogP contribution >= 0.6 is 12.2 Å². The van der Waals surface area contributed by atoms with E-state index >= 15 is 0 Å². The molecule has 0 radical (unpaired) electrons. The van der Waals surface area contributed by atoms with Crippen LogP contribution in [0.4, 0.5) is 0 Å². The fourth-order valence-corrected chi connectivity index (χ4v) is 7.08. The lowest BCUT2D eigenvalue weighted by Gasteiger charge is -2.39. The van der Waals surface area contributed by atoms with Gasteiger partial charge in [0.25, 0.3) is 0 Å². The molecule has 7 unspecified atom stereocenters. The lowest BCUT2D eigenvalue weighted by molar-refractivity contribution is -0.138. The zero-order valence-electron chi connectivity index (χ0n) is 26.5. The highest BCUT2D eigenvalue weighted by Crippen LogP contribution is 2.38. The summed E-state index contributed by atoms with van der Waals surface area (Å²) in [7, 11) is 0. The van der Waals surface area contributed by atoms with E-state index < -0.39 is 48.1 Å². The third kappa shape index (κ3) is 13.9. The van der Waals surface area contributed by atoms with Gasteiger partial charge in [0.1, 0.15) is 12.2 Å².